The number of benzene rings is 2. The van der Waals surface area contributed by atoms with Gasteiger partial charge in [0.2, 0.25) is 0 Å². The van der Waals surface area contributed by atoms with E-state index in [4.69, 9.17) is 5.73 Å². The van der Waals surface area contributed by atoms with Crippen molar-refractivity contribution in [3.63, 3.8) is 0 Å². The number of aromatic hydroxyl groups is 2. The van der Waals surface area contributed by atoms with Crippen molar-refractivity contribution in [2.24, 2.45) is 0 Å². The molecule has 2 rings (SSSR count). The molecule has 0 aliphatic heterocycles. The minimum atomic E-state index is 0. The minimum Gasteiger partial charge on any atom is -0.508 e. The highest BCUT2D eigenvalue weighted by atomic mass is 35.5. The number of hydrogen-bond acceptors (Lipinski definition) is 4. The highest BCUT2D eigenvalue weighted by Crippen LogP contribution is 2.30. The molecule has 5 N–H and O–H groups in total. The highest BCUT2D eigenvalue weighted by Gasteiger charge is 2.04. The topological polar surface area (TPSA) is 78.5 Å². The Balaban J connectivity index is 0.00000162. The number of nitrogens with one attached hydrogen (secondary N) is 1. The number of hydrogen-bond donors (Lipinski definition) is 4. The molecule has 0 aromatic heterocycles. The summed E-state index contributed by atoms with van der Waals surface area (Å²) in [7, 11) is 0. The molecule has 5 heteroatoms. The van der Waals surface area contributed by atoms with Gasteiger partial charge in [0, 0.05) is 11.8 Å². The zero-order chi connectivity index (χ0) is 12.4. The van der Waals surface area contributed by atoms with Gasteiger partial charge in [-0.05, 0) is 42.8 Å². The van der Waals surface area contributed by atoms with E-state index in [2.05, 4.69) is 5.32 Å². The van der Waals surface area contributed by atoms with E-state index in [-0.39, 0.29) is 23.9 Å². The van der Waals surface area contributed by atoms with Gasteiger partial charge in [-0.15, -0.1) is 12.4 Å². The smallest absolute Gasteiger partial charge is 0.120 e. The van der Waals surface area contributed by atoms with Gasteiger partial charge >= 0.3 is 0 Å². The molecule has 0 spiro atoms. The van der Waals surface area contributed by atoms with E-state index < -0.39 is 0 Å². The fourth-order valence-corrected chi connectivity index (χ4v) is 1.52. The first-order valence-electron chi connectivity index (χ1n) is 5.21. The van der Waals surface area contributed by atoms with Gasteiger partial charge < -0.3 is 21.3 Å². The molecule has 0 unspecified atom stereocenters. The minimum absolute atomic E-state index is 0. The van der Waals surface area contributed by atoms with Gasteiger partial charge in [-0.3, -0.25) is 0 Å². The number of rotatable bonds is 2. The summed E-state index contributed by atoms with van der Waals surface area (Å²) in [6.07, 6.45) is 0. The molecule has 4 nitrogen and oxygen atoms in total. The zero-order valence-electron chi connectivity index (χ0n) is 9.84. The van der Waals surface area contributed by atoms with Gasteiger partial charge in [-0.25, -0.2) is 0 Å². The Morgan fingerprint density at radius 3 is 2.28 bits per heavy atom. The van der Waals surface area contributed by atoms with Gasteiger partial charge in [-0.1, -0.05) is 0 Å². The fraction of sp³-hybridized carbons (Fsp3) is 0.0769. The van der Waals surface area contributed by atoms with E-state index in [1.807, 2.05) is 0 Å². The summed E-state index contributed by atoms with van der Waals surface area (Å²) in [5, 5.41) is 21.8. The molecule has 0 heterocycles. The van der Waals surface area contributed by atoms with Crippen LogP contribution in [0.2, 0.25) is 0 Å². The summed E-state index contributed by atoms with van der Waals surface area (Å²) in [5.74, 6) is 0.393. The third-order valence-corrected chi connectivity index (χ3v) is 2.51. The first kappa shape index (κ1) is 14.0. The summed E-state index contributed by atoms with van der Waals surface area (Å²) >= 11 is 0. The molecule has 0 fully saturated rings. The number of halogens is 1. The first-order chi connectivity index (χ1) is 8.06. The largest absolute Gasteiger partial charge is 0.508 e. The van der Waals surface area contributed by atoms with E-state index >= 15 is 0 Å². The third kappa shape index (κ3) is 2.99. The number of nitrogens with two attached hydrogens (primary N) is 1. The average Bonchev–Trinajstić information content (AvgIpc) is 2.29. The van der Waals surface area contributed by atoms with Crippen LogP contribution >= 0.6 is 12.4 Å². The van der Waals surface area contributed by atoms with Crippen LogP contribution in [-0.2, 0) is 0 Å². The van der Waals surface area contributed by atoms with Crippen molar-refractivity contribution in [3.05, 3.63) is 42.0 Å². The number of anilines is 3. The average molecular weight is 267 g/mol. The second-order valence-corrected chi connectivity index (χ2v) is 3.90. The number of phenolic OH excluding ortho intramolecular Hbond substituents is 2. The molecule has 0 amide bonds. The Hall–Kier alpha value is -2.07. The first-order valence-corrected chi connectivity index (χ1v) is 5.21. The maximum Gasteiger partial charge on any atom is 0.120 e. The maximum absolute atomic E-state index is 9.49. The predicted octanol–water partition coefficient (Wildman–Crippen LogP) is 3.15. The van der Waals surface area contributed by atoms with Crippen LogP contribution in [0.25, 0.3) is 0 Å². The molecule has 0 radical (unpaired) electrons. The van der Waals surface area contributed by atoms with Crippen molar-refractivity contribution in [2.75, 3.05) is 11.1 Å². The Morgan fingerprint density at radius 2 is 1.67 bits per heavy atom. The Labute approximate surface area is 111 Å². The summed E-state index contributed by atoms with van der Waals surface area (Å²) in [6, 6.07) is 9.96. The molecule has 96 valence electrons. The molecular weight excluding hydrogens is 252 g/mol. The second kappa shape index (κ2) is 5.51. The predicted molar refractivity (Wildman–Crippen MR) is 75.9 cm³/mol. The summed E-state index contributed by atoms with van der Waals surface area (Å²) < 4.78 is 0. The summed E-state index contributed by atoms with van der Waals surface area (Å²) in [5.41, 5.74) is 8.57. The molecule has 0 bridgehead atoms. The van der Waals surface area contributed by atoms with Gasteiger partial charge in [0.15, 0.2) is 0 Å². The normalized spacial score (nSPS) is 9.61. The van der Waals surface area contributed by atoms with Crippen LogP contribution in [0.3, 0.4) is 0 Å². The molecule has 2 aromatic rings. The van der Waals surface area contributed by atoms with E-state index in [1.54, 1.807) is 37.3 Å². The molecule has 0 saturated heterocycles. The number of phenols is 2. The molecule has 0 aliphatic carbocycles. The fourth-order valence-electron chi connectivity index (χ4n) is 1.52. The summed E-state index contributed by atoms with van der Waals surface area (Å²) in [6.45, 7) is 1.80. The lowest BCUT2D eigenvalue weighted by Gasteiger charge is -2.11. The number of nitrogen functional groups attached to an aromatic ring is 1. The van der Waals surface area contributed by atoms with Crippen LogP contribution in [0.4, 0.5) is 17.1 Å². The van der Waals surface area contributed by atoms with Crippen molar-refractivity contribution in [1.29, 1.82) is 0 Å². The molecule has 0 aliphatic rings. The van der Waals surface area contributed by atoms with Gasteiger partial charge in [-0.2, -0.15) is 0 Å². The second-order valence-electron chi connectivity index (χ2n) is 3.90. The van der Waals surface area contributed by atoms with Crippen molar-refractivity contribution >= 4 is 29.5 Å². The Kier molecular flexibility index (Phi) is 4.28. The maximum atomic E-state index is 9.49. The SMILES string of the molecule is Cc1cc(Nc2ccc(O)cc2)c(N)cc1O.Cl. The van der Waals surface area contributed by atoms with Crippen molar-refractivity contribution in [2.45, 2.75) is 6.92 Å². The van der Waals surface area contributed by atoms with Crippen LogP contribution < -0.4 is 11.1 Å². The van der Waals surface area contributed by atoms with E-state index in [0.29, 0.717) is 5.69 Å². The standard InChI is InChI=1S/C13H14N2O2.ClH/c1-8-6-12(11(14)7-13(8)17)15-9-2-4-10(16)5-3-9;/h2-7,15-17H,14H2,1H3;1H. The zero-order valence-corrected chi connectivity index (χ0v) is 10.7. The van der Waals surface area contributed by atoms with E-state index in [9.17, 15) is 10.2 Å². The van der Waals surface area contributed by atoms with Crippen LogP contribution in [0.15, 0.2) is 36.4 Å². The van der Waals surface area contributed by atoms with Gasteiger partial charge in [0.1, 0.15) is 11.5 Å². The molecule has 0 saturated carbocycles. The highest BCUT2D eigenvalue weighted by molar-refractivity contribution is 5.85. The van der Waals surface area contributed by atoms with Crippen molar-refractivity contribution < 1.29 is 10.2 Å². The Morgan fingerprint density at radius 1 is 1.06 bits per heavy atom. The quantitative estimate of drug-likeness (QED) is 0.497. The molecule has 2 aromatic carbocycles. The lowest BCUT2D eigenvalue weighted by atomic mass is 10.1. The number of aryl methyl sites for hydroxylation is 1. The van der Waals surface area contributed by atoms with Crippen LogP contribution in [0.1, 0.15) is 5.56 Å². The third-order valence-electron chi connectivity index (χ3n) is 2.51. The van der Waals surface area contributed by atoms with Crippen molar-refractivity contribution in [3.8, 4) is 11.5 Å². The summed E-state index contributed by atoms with van der Waals surface area (Å²) in [4.78, 5) is 0. The lowest BCUT2D eigenvalue weighted by Crippen LogP contribution is -1.96. The van der Waals surface area contributed by atoms with Gasteiger partial charge in [0.25, 0.3) is 0 Å². The molecule has 0 atom stereocenters. The molecule has 18 heavy (non-hydrogen) atoms. The van der Waals surface area contributed by atoms with E-state index in [0.717, 1.165) is 16.9 Å². The van der Waals surface area contributed by atoms with Gasteiger partial charge in [0.05, 0.1) is 11.4 Å². The van der Waals surface area contributed by atoms with Crippen LogP contribution in [0, 0.1) is 6.92 Å². The van der Waals surface area contributed by atoms with Crippen molar-refractivity contribution in [1.82, 2.24) is 0 Å². The van der Waals surface area contributed by atoms with E-state index in [1.165, 1.54) is 6.07 Å². The monoisotopic (exact) mass is 266 g/mol. The van der Waals surface area contributed by atoms with Crippen LogP contribution in [-0.4, -0.2) is 10.2 Å². The van der Waals surface area contributed by atoms with Crippen LogP contribution in [0.5, 0.6) is 11.5 Å². The molecular formula is C13H15ClN2O2. The lowest BCUT2D eigenvalue weighted by molar-refractivity contribution is 0.471. The Bertz CT molecular complexity index is 541.